The Labute approximate surface area is 113 Å². The molecule has 1 aromatic heterocycles. The van der Waals surface area contributed by atoms with Crippen molar-refractivity contribution in [3.05, 3.63) is 18.7 Å². The number of rotatable bonds is 0. The van der Waals surface area contributed by atoms with E-state index in [-0.39, 0.29) is 30.0 Å². The van der Waals surface area contributed by atoms with Gasteiger partial charge in [-0.2, -0.15) is 4.57 Å². The summed E-state index contributed by atoms with van der Waals surface area (Å²) in [6, 6.07) is 0.0992. The molecule has 0 aromatic carbocycles. The largest absolute Gasteiger partial charge is 1.00 e. The maximum Gasteiger partial charge on any atom is 0.415 e. The van der Waals surface area contributed by atoms with Gasteiger partial charge in [-0.3, -0.25) is 0 Å². The predicted octanol–water partition coefficient (Wildman–Crippen LogP) is -1.98. The standard InChI is InChI=1S/C11H18N3O.HI/c1-10-4-3-5-13(8-10)11(15)14-7-6-12(2)9-14;/h6-7,9-10H,3-5,8H2,1-2H3;1H/q+1;/p-1. The monoisotopic (exact) mass is 335 g/mol. The van der Waals surface area contributed by atoms with Crippen molar-refractivity contribution >= 4 is 6.03 Å². The fraction of sp³-hybridized carbons (Fsp3) is 0.636. The van der Waals surface area contributed by atoms with E-state index in [4.69, 9.17) is 0 Å². The topological polar surface area (TPSA) is 29.1 Å². The second kappa shape index (κ2) is 5.65. The van der Waals surface area contributed by atoms with Gasteiger partial charge in [0.05, 0.1) is 7.05 Å². The first-order valence-corrected chi connectivity index (χ1v) is 5.49. The maximum atomic E-state index is 12.0. The molecule has 1 aromatic rings. The first-order valence-electron chi connectivity index (χ1n) is 5.49. The zero-order valence-corrected chi connectivity index (χ0v) is 11.9. The van der Waals surface area contributed by atoms with Crippen LogP contribution >= 0.6 is 0 Å². The van der Waals surface area contributed by atoms with Crippen molar-refractivity contribution < 1.29 is 33.3 Å². The third-order valence-electron chi connectivity index (χ3n) is 2.92. The molecule has 2 rings (SSSR count). The van der Waals surface area contributed by atoms with Crippen molar-refractivity contribution in [3.8, 4) is 0 Å². The number of piperidine rings is 1. The molecule has 90 valence electrons. The number of imidazole rings is 1. The molecule has 1 fully saturated rings. The Morgan fingerprint density at radius 1 is 1.50 bits per heavy atom. The Morgan fingerprint density at radius 3 is 2.81 bits per heavy atom. The highest BCUT2D eigenvalue weighted by atomic mass is 127. The summed E-state index contributed by atoms with van der Waals surface area (Å²) in [5.74, 6) is 0.631. The molecule has 0 radical (unpaired) electrons. The van der Waals surface area contributed by atoms with Crippen molar-refractivity contribution in [1.82, 2.24) is 9.47 Å². The molecule has 1 aliphatic rings. The number of nitrogens with zero attached hydrogens (tertiary/aromatic N) is 3. The molecule has 0 bridgehead atoms. The second-order valence-corrected chi connectivity index (χ2v) is 4.46. The average molecular weight is 335 g/mol. The van der Waals surface area contributed by atoms with Crippen LogP contribution in [-0.2, 0) is 7.05 Å². The summed E-state index contributed by atoms with van der Waals surface area (Å²) in [6.07, 6.45) is 7.86. The number of aromatic nitrogens is 2. The lowest BCUT2D eigenvalue weighted by molar-refractivity contribution is -0.670. The summed E-state index contributed by atoms with van der Waals surface area (Å²) in [5.41, 5.74) is 0. The van der Waals surface area contributed by atoms with Gasteiger partial charge in [-0.15, -0.1) is 0 Å². The minimum absolute atomic E-state index is 0. The quantitative estimate of drug-likeness (QED) is 0.399. The minimum atomic E-state index is 0. The Balaban J connectivity index is 0.00000128. The van der Waals surface area contributed by atoms with Gasteiger partial charge in [0.1, 0.15) is 12.4 Å². The van der Waals surface area contributed by atoms with Crippen LogP contribution in [0.3, 0.4) is 0 Å². The Kier molecular flexibility index (Phi) is 4.76. The number of likely N-dealkylation sites (tertiary alicyclic amines) is 1. The average Bonchev–Trinajstić information content (AvgIpc) is 2.64. The molecule has 0 spiro atoms. The van der Waals surface area contributed by atoms with Gasteiger partial charge in [0.2, 0.25) is 0 Å². The fourth-order valence-corrected chi connectivity index (χ4v) is 2.09. The Morgan fingerprint density at radius 2 is 2.25 bits per heavy atom. The Bertz CT molecular complexity index is 364. The van der Waals surface area contributed by atoms with E-state index in [1.165, 1.54) is 6.42 Å². The number of carbonyl (C=O) groups excluding carboxylic acids is 1. The van der Waals surface area contributed by atoms with Crippen LogP contribution in [0.15, 0.2) is 18.7 Å². The molecule has 1 unspecified atom stereocenters. The van der Waals surface area contributed by atoms with Gasteiger partial charge in [-0.25, -0.2) is 9.36 Å². The van der Waals surface area contributed by atoms with Gasteiger partial charge in [0.25, 0.3) is 6.33 Å². The molecule has 1 amide bonds. The first kappa shape index (κ1) is 13.5. The highest BCUT2D eigenvalue weighted by Gasteiger charge is 2.25. The molecular weight excluding hydrogens is 317 g/mol. The van der Waals surface area contributed by atoms with Crippen LogP contribution < -0.4 is 28.5 Å². The molecule has 0 N–H and O–H groups in total. The SMILES string of the molecule is CC1CCCN(C(=O)n2cc[n+](C)c2)C1.[I-]. The summed E-state index contributed by atoms with van der Waals surface area (Å²) in [4.78, 5) is 14.0. The molecule has 1 aliphatic heterocycles. The molecule has 0 aliphatic carbocycles. The zero-order valence-electron chi connectivity index (χ0n) is 9.77. The molecular formula is C11H18IN3O. The summed E-state index contributed by atoms with van der Waals surface area (Å²) in [6.45, 7) is 3.99. The predicted molar refractivity (Wildman–Crippen MR) is 56.4 cm³/mol. The fourth-order valence-electron chi connectivity index (χ4n) is 2.09. The molecule has 16 heavy (non-hydrogen) atoms. The molecule has 1 saturated heterocycles. The molecule has 0 saturated carbocycles. The summed E-state index contributed by atoms with van der Waals surface area (Å²) in [5, 5.41) is 0. The first-order chi connectivity index (χ1) is 7.16. The Hall–Kier alpha value is -0.590. The van der Waals surface area contributed by atoms with Crippen LogP contribution in [0.1, 0.15) is 19.8 Å². The van der Waals surface area contributed by atoms with Crippen molar-refractivity contribution in [2.45, 2.75) is 19.8 Å². The third kappa shape index (κ3) is 2.96. The zero-order chi connectivity index (χ0) is 10.8. The van der Waals surface area contributed by atoms with Gasteiger partial charge in [0, 0.05) is 13.1 Å². The highest BCUT2D eigenvalue weighted by molar-refractivity contribution is 5.76. The smallest absolute Gasteiger partial charge is 0.415 e. The van der Waals surface area contributed by atoms with Gasteiger partial charge in [0.15, 0.2) is 0 Å². The van der Waals surface area contributed by atoms with Gasteiger partial charge in [-0.05, 0) is 18.8 Å². The highest BCUT2D eigenvalue weighted by Crippen LogP contribution is 2.15. The molecule has 1 atom stereocenters. The lowest BCUT2D eigenvalue weighted by Gasteiger charge is -2.28. The van der Waals surface area contributed by atoms with Crippen LogP contribution in [0.5, 0.6) is 0 Å². The summed E-state index contributed by atoms with van der Waals surface area (Å²) < 4.78 is 3.53. The molecule has 2 heterocycles. The third-order valence-corrected chi connectivity index (χ3v) is 2.92. The van der Waals surface area contributed by atoms with Crippen molar-refractivity contribution in [2.24, 2.45) is 13.0 Å². The van der Waals surface area contributed by atoms with E-state index in [9.17, 15) is 4.79 Å². The van der Waals surface area contributed by atoms with E-state index in [0.29, 0.717) is 5.92 Å². The van der Waals surface area contributed by atoms with Gasteiger partial charge in [-0.1, -0.05) is 6.92 Å². The van der Waals surface area contributed by atoms with E-state index in [1.54, 1.807) is 4.57 Å². The van der Waals surface area contributed by atoms with E-state index in [2.05, 4.69) is 6.92 Å². The number of hydrogen-bond donors (Lipinski definition) is 0. The summed E-state index contributed by atoms with van der Waals surface area (Å²) in [7, 11) is 1.92. The number of aryl methyl sites for hydroxylation is 1. The lowest BCUT2D eigenvalue weighted by atomic mass is 10.0. The number of halogens is 1. The number of amides is 1. The van der Waals surface area contributed by atoms with E-state index < -0.39 is 0 Å². The van der Waals surface area contributed by atoms with Crippen LogP contribution in [0, 0.1) is 5.92 Å². The molecule has 4 nitrogen and oxygen atoms in total. The van der Waals surface area contributed by atoms with Gasteiger partial charge < -0.3 is 28.9 Å². The van der Waals surface area contributed by atoms with Crippen LogP contribution in [0.2, 0.25) is 0 Å². The lowest BCUT2D eigenvalue weighted by Crippen LogP contribution is -3.00. The van der Waals surface area contributed by atoms with Crippen molar-refractivity contribution in [2.75, 3.05) is 13.1 Å². The van der Waals surface area contributed by atoms with Gasteiger partial charge >= 0.3 is 6.03 Å². The molecule has 5 heteroatoms. The summed E-state index contributed by atoms with van der Waals surface area (Å²) >= 11 is 0. The second-order valence-electron chi connectivity index (χ2n) is 4.46. The number of hydrogen-bond acceptors (Lipinski definition) is 1. The minimum Gasteiger partial charge on any atom is -1.00 e. The van der Waals surface area contributed by atoms with E-state index in [1.807, 2.05) is 35.2 Å². The van der Waals surface area contributed by atoms with Crippen LogP contribution in [-0.4, -0.2) is 28.6 Å². The number of carbonyl (C=O) groups is 1. The van der Waals surface area contributed by atoms with Crippen molar-refractivity contribution in [1.29, 1.82) is 0 Å². The van der Waals surface area contributed by atoms with Crippen LogP contribution in [0.25, 0.3) is 0 Å². The normalized spacial score (nSPS) is 20.4. The van der Waals surface area contributed by atoms with E-state index in [0.717, 1.165) is 19.5 Å². The van der Waals surface area contributed by atoms with Crippen molar-refractivity contribution in [3.63, 3.8) is 0 Å². The van der Waals surface area contributed by atoms with Crippen LogP contribution in [0.4, 0.5) is 4.79 Å². The van der Waals surface area contributed by atoms with E-state index >= 15 is 0 Å². The maximum absolute atomic E-state index is 12.0.